The summed E-state index contributed by atoms with van der Waals surface area (Å²) in [5, 5.41) is 0. The van der Waals surface area contributed by atoms with Gasteiger partial charge in [0.2, 0.25) is 0 Å². The minimum Gasteiger partial charge on any atom is -0.494 e. The Morgan fingerprint density at radius 1 is 1.08 bits per heavy atom. The summed E-state index contributed by atoms with van der Waals surface area (Å²) in [7, 11) is -2.47. The number of pyridine rings is 1. The standard InChI is InChI=1S/C17H17N3O3S/c1-2-23-16-7-3-13(4-8-16)17-10-18-12-20(17)15-6-5-14(19-9-15)11-24(21)22/h3-10,12,24H,2,11H2,1H3. The zero-order chi connectivity index (χ0) is 16.9. The lowest BCUT2D eigenvalue weighted by atomic mass is 10.1. The van der Waals surface area contributed by atoms with Gasteiger partial charge in [-0.25, -0.2) is 13.4 Å². The van der Waals surface area contributed by atoms with Crippen molar-refractivity contribution in [1.29, 1.82) is 0 Å². The molecule has 0 spiro atoms. The van der Waals surface area contributed by atoms with E-state index in [-0.39, 0.29) is 5.75 Å². The van der Waals surface area contributed by atoms with Crippen molar-refractivity contribution in [2.24, 2.45) is 0 Å². The van der Waals surface area contributed by atoms with Crippen LogP contribution >= 0.6 is 0 Å². The van der Waals surface area contributed by atoms with E-state index < -0.39 is 10.7 Å². The molecule has 0 radical (unpaired) electrons. The fourth-order valence-corrected chi connectivity index (χ4v) is 2.84. The Kier molecular flexibility index (Phi) is 4.90. The molecule has 0 amide bonds. The molecule has 3 rings (SSSR count). The average molecular weight is 343 g/mol. The smallest absolute Gasteiger partial charge is 0.145 e. The molecule has 7 heteroatoms. The summed E-state index contributed by atoms with van der Waals surface area (Å²) in [5.41, 5.74) is 3.27. The van der Waals surface area contributed by atoms with Crippen molar-refractivity contribution < 1.29 is 13.2 Å². The van der Waals surface area contributed by atoms with Gasteiger partial charge in [0.05, 0.1) is 48.2 Å². The maximum absolute atomic E-state index is 10.8. The molecule has 1 aromatic carbocycles. The fraction of sp³-hybridized carbons (Fsp3) is 0.176. The van der Waals surface area contributed by atoms with Crippen LogP contribution in [-0.2, 0) is 16.5 Å². The van der Waals surface area contributed by atoms with Gasteiger partial charge in [-0.3, -0.25) is 9.55 Å². The van der Waals surface area contributed by atoms with Gasteiger partial charge < -0.3 is 4.74 Å². The Labute approximate surface area is 141 Å². The van der Waals surface area contributed by atoms with Crippen LogP contribution in [0, 0.1) is 0 Å². The normalized spacial score (nSPS) is 10.9. The van der Waals surface area contributed by atoms with Gasteiger partial charge in [-0.15, -0.1) is 0 Å². The third-order valence-electron chi connectivity index (χ3n) is 3.48. The van der Waals surface area contributed by atoms with Gasteiger partial charge in [0.1, 0.15) is 16.5 Å². The summed E-state index contributed by atoms with van der Waals surface area (Å²) in [4.78, 5) is 8.41. The van der Waals surface area contributed by atoms with E-state index in [2.05, 4.69) is 9.97 Å². The zero-order valence-electron chi connectivity index (χ0n) is 13.1. The molecule has 24 heavy (non-hydrogen) atoms. The second-order valence-corrected chi connectivity index (χ2v) is 6.09. The van der Waals surface area contributed by atoms with Crippen molar-refractivity contribution in [1.82, 2.24) is 14.5 Å². The van der Waals surface area contributed by atoms with Gasteiger partial charge in [-0.2, -0.15) is 0 Å². The summed E-state index contributed by atoms with van der Waals surface area (Å²) in [6.07, 6.45) is 5.13. The highest BCUT2D eigenvalue weighted by atomic mass is 32.2. The van der Waals surface area contributed by atoms with E-state index in [9.17, 15) is 8.42 Å². The number of imidazole rings is 1. The lowest BCUT2D eigenvalue weighted by Crippen LogP contribution is -1.98. The van der Waals surface area contributed by atoms with Gasteiger partial charge in [-0.1, -0.05) is 0 Å². The predicted molar refractivity (Wildman–Crippen MR) is 92.0 cm³/mol. The maximum Gasteiger partial charge on any atom is 0.145 e. The topological polar surface area (TPSA) is 74.1 Å². The molecule has 2 heterocycles. The van der Waals surface area contributed by atoms with Crippen LogP contribution in [0.1, 0.15) is 12.6 Å². The highest BCUT2D eigenvalue weighted by Gasteiger charge is 2.08. The van der Waals surface area contributed by atoms with Crippen LogP contribution in [0.5, 0.6) is 5.75 Å². The SMILES string of the molecule is CCOc1ccc(-c2cncn2-c2ccc(C[SH](=O)=O)nc2)cc1. The van der Waals surface area contributed by atoms with Crippen molar-refractivity contribution in [3.63, 3.8) is 0 Å². The van der Waals surface area contributed by atoms with Crippen LogP contribution in [-0.4, -0.2) is 29.6 Å². The first-order valence-electron chi connectivity index (χ1n) is 7.50. The molecule has 0 fully saturated rings. The minimum absolute atomic E-state index is 0.0503. The molecule has 124 valence electrons. The first-order valence-corrected chi connectivity index (χ1v) is 8.86. The second kappa shape index (κ2) is 7.27. The quantitative estimate of drug-likeness (QED) is 0.696. The van der Waals surface area contributed by atoms with Gasteiger partial charge in [0.15, 0.2) is 0 Å². The molecule has 0 saturated heterocycles. The monoisotopic (exact) mass is 343 g/mol. The maximum atomic E-state index is 10.8. The molecule has 0 N–H and O–H groups in total. The molecule has 6 nitrogen and oxygen atoms in total. The molecule has 0 bridgehead atoms. The number of hydrogen-bond donors (Lipinski definition) is 1. The molecule has 0 aliphatic heterocycles. The van der Waals surface area contributed by atoms with Crippen molar-refractivity contribution in [3.05, 3.63) is 60.8 Å². The average Bonchev–Trinajstić information content (AvgIpc) is 3.06. The summed E-state index contributed by atoms with van der Waals surface area (Å²) in [6.45, 7) is 2.58. The summed E-state index contributed by atoms with van der Waals surface area (Å²) in [6, 6.07) is 11.3. The Hall–Kier alpha value is -2.67. The van der Waals surface area contributed by atoms with E-state index in [1.54, 1.807) is 24.8 Å². The number of benzene rings is 1. The van der Waals surface area contributed by atoms with Gasteiger partial charge in [-0.05, 0) is 43.3 Å². The second-order valence-electron chi connectivity index (χ2n) is 5.10. The Bertz CT molecular complexity index is 876. The third kappa shape index (κ3) is 3.62. The Morgan fingerprint density at radius 3 is 2.50 bits per heavy atom. The highest BCUT2D eigenvalue weighted by Crippen LogP contribution is 2.24. The lowest BCUT2D eigenvalue weighted by Gasteiger charge is -2.09. The Morgan fingerprint density at radius 2 is 1.88 bits per heavy atom. The zero-order valence-corrected chi connectivity index (χ0v) is 14.0. The molecule has 0 saturated carbocycles. The summed E-state index contributed by atoms with van der Waals surface area (Å²) in [5.74, 6) is 0.774. The van der Waals surface area contributed by atoms with Gasteiger partial charge in [0.25, 0.3) is 0 Å². The summed E-state index contributed by atoms with van der Waals surface area (Å²) >= 11 is 0. The van der Waals surface area contributed by atoms with E-state index in [0.29, 0.717) is 12.3 Å². The largest absolute Gasteiger partial charge is 0.494 e. The highest BCUT2D eigenvalue weighted by molar-refractivity contribution is 7.71. The van der Waals surface area contributed by atoms with Crippen LogP contribution < -0.4 is 4.74 Å². The van der Waals surface area contributed by atoms with Gasteiger partial charge in [0, 0.05) is 5.56 Å². The summed E-state index contributed by atoms with van der Waals surface area (Å²) < 4.78 is 28.9. The van der Waals surface area contributed by atoms with Crippen molar-refractivity contribution in [3.8, 4) is 22.7 Å². The molecule has 0 aliphatic carbocycles. The van der Waals surface area contributed by atoms with E-state index in [0.717, 1.165) is 22.7 Å². The van der Waals surface area contributed by atoms with Crippen LogP contribution in [0.3, 0.4) is 0 Å². The first-order chi connectivity index (χ1) is 11.7. The third-order valence-corrected chi connectivity index (χ3v) is 4.06. The minimum atomic E-state index is -2.47. The van der Waals surface area contributed by atoms with E-state index in [4.69, 9.17) is 4.74 Å². The van der Waals surface area contributed by atoms with E-state index in [1.165, 1.54) is 0 Å². The van der Waals surface area contributed by atoms with Crippen LogP contribution in [0.4, 0.5) is 0 Å². The number of thiol groups is 1. The molecular formula is C17H17N3O3S. The number of ether oxygens (including phenoxy) is 1. The number of rotatable bonds is 6. The number of nitrogens with zero attached hydrogens (tertiary/aromatic N) is 3. The Balaban J connectivity index is 1.89. The van der Waals surface area contributed by atoms with Crippen LogP contribution in [0.2, 0.25) is 0 Å². The van der Waals surface area contributed by atoms with E-state index in [1.807, 2.05) is 41.8 Å². The molecular weight excluding hydrogens is 326 g/mol. The van der Waals surface area contributed by atoms with Crippen LogP contribution in [0.15, 0.2) is 55.1 Å². The predicted octanol–water partition coefficient (Wildman–Crippen LogP) is 2.44. The lowest BCUT2D eigenvalue weighted by molar-refractivity contribution is 0.340. The molecule has 0 aliphatic rings. The fourth-order valence-electron chi connectivity index (χ4n) is 2.39. The van der Waals surface area contributed by atoms with Crippen LogP contribution in [0.25, 0.3) is 16.9 Å². The molecule has 3 aromatic rings. The van der Waals surface area contributed by atoms with Gasteiger partial charge >= 0.3 is 0 Å². The molecule has 0 atom stereocenters. The van der Waals surface area contributed by atoms with E-state index >= 15 is 0 Å². The van der Waals surface area contributed by atoms with Crippen molar-refractivity contribution in [2.45, 2.75) is 12.7 Å². The number of hydrogen-bond acceptors (Lipinski definition) is 5. The number of aromatic nitrogens is 3. The first kappa shape index (κ1) is 16.2. The van der Waals surface area contributed by atoms with Crippen molar-refractivity contribution in [2.75, 3.05) is 6.61 Å². The molecule has 0 unspecified atom stereocenters. The molecule has 2 aromatic heterocycles. The van der Waals surface area contributed by atoms with Crippen molar-refractivity contribution >= 4 is 10.7 Å².